The van der Waals surface area contributed by atoms with Crippen molar-refractivity contribution in [2.24, 2.45) is 17.8 Å². The third-order valence-corrected chi connectivity index (χ3v) is 14.3. The molecule has 2 aliphatic heterocycles. The number of nitrogens with zero attached hydrogens (tertiary/aromatic N) is 2. The summed E-state index contributed by atoms with van der Waals surface area (Å²) in [7, 11) is -4.44. The zero-order chi connectivity index (χ0) is 43.1. The third kappa shape index (κ3) is 9.11. The molecule has 14 nitrogen and oxygen atoms in total. The van der Waals surface area contributed by atoms with Gasteiger partial charge < -0.3 is 29.7 Å². The van der Waals surface area contributed by atoms with Gasteiger partial charge in [-0.2, -0.15) is 0 Å². The standard InChI is InChI=1S/C41H54F3N5O9S/c1-7-56-28-12-13-30-26(19-28)14-17-45-34(30)57-29-20-31-33(50)47-41(36(52)48-59(54,55)40(23-42)15-16-40)21-27(41)11-9-8-10-24(2)18-25(3)32(35(51)49(31)22-29)46-37(53)58-38(4,5)39(6,43)44/h9,11-14,17,19,24-25,27,29,31-32H,7-8,10,15-16,18,20-23H2,1-6H3,(H,46,53)(H,47,50)(H,48,52)/b11-9-/t24-,25+,27?,29+,31-,32-,41+/m0/s1. The number of hydrogen-bond acceptors (Lipinski definition) is 10. The normalized spacial score (nSPS) is 29.1. The van der Waals surface area contributed by atoms with Gasteiger partial charge in [0.15, 0.2) is 5.60 Å². The van der Waals surface area contributed by atoms with E-state index in [1.807, 2.05) is 30.7 Å². The quantitative estimate of drug-likeness (QED) is 0.250. The number of carbonyl (C=O) groups is 4. The van der Waals surface area contributed by atoms with Crippen molar-refractivity contribution in [3.8, 4) is 11.6 Å². The molecule has 0 spiro atoms. The van der Waals surface area contributed by atoms with Crippen molar-refractivity contribution in [2.45, 2.75) is 126 Å². The minimum Gasteiger partial charge on any atom is -0.494 e. The molecule has 324 valence electrons. The molecule has 18 heteroatoms. The van der Waals surface area contributed by atoms with Crippen LogP contribution in [-0.4, -0.2) is 102 Å². The van der Waals surface area contributed by atoms with Gasteiger partial charge in [0.25, 0.3) is 11.8 Å². The van der Waals surface area contributed by atoms with E-state index in [0.717, 1.165) is 19.2 Å². The van der Waals surface area contributed by atoms with Crippen LogP contribution < -0.4 is 24.8 Å². The molecule has 3 heterocycles. The van der Waals surface area contributed by atoms with Gasteiger partial charge in [0.2, 0.25) is 27.7 Å². The molecule has 1 saturated heterocycles. The van der Waals surface area contributed by atoms with Crippen LogP contribution in [-0.2, 0) is 29.1 Å². The second-order valence-corrected chi connectivity index (χ2v) is 19.2. The average Bonchev–Trinajstić information content (AvgIpc) is 4.06. The zero-order valence-corrected chi connectivity index (χ0v) is 35.0. The van der Waals surface area contributed by atoms with Crippen molar-refractivity contribution in [3.63, 3.8) is 0 Å². The second kappa shape index (κ2) is 16.4. The molecule has 3 N–H and O–H groups in total. The summed E-state index contributed by atoms with van der Waals surface area (Å²) in [5.41, 5.74) is -3.97. The molecule has 4 amide bonds. The number of pyridine rings is 1. The Morgan fingerprint density at radius 1 is 1.10 bits per heavy atom. The Labute approximate surface area is 342 Å². The Hall–Kier alpha value is -4.61. The number of rotatable bonds is 11. The summed E-state index contributed by atoms with van der Waals surface area (Å²) in [5, 5.41) is 6.67. The predicted octanol–water partition coefficient (Wildman–Crippen LogP) is 5.35. The van der Waals surface area contributed by atoms with Crippen LogP contribution in [0.5, 0.6) is 11.6 Å². The number of alkyl carbamates (subject to hydrolysis) is 1. The number of hydrogen-bond donors (Lipinski definition) is 3. The molecular weight excluding hydrogens is 796 g/mol. The maximum atomic E-state index is 14.8. The largest absolute Gasteiger partial charge is 0.494 e. The van der Waals surface area contributed by atoms with E-state index in [0.29, 0.717) is 43.9 Å². The van der Waals surface area contributed by atoms with Gasteiger partial charge in [-0.15, -0.1) is 0 Å². The summed E-state index contributed by atoms with van der Waals surface area (Å²) < 4.78 is 86.6. The number of sulfonamides is 1. The van der Waals surface area contributed by atoms with Crippen molar-refractivity contribution >= 4 is 44.6 Å². The number of carbonyl (C=O) groups excluding carboxylic acids is 4. The fourth-order valence-electron chi connectivity index (χ4n) is 7.87. The van der Waals surface area contributed by atoms with Crippen LogP contribution in [0.15, 0.2) is 42.6 Å². The minimum atomic E-state index is -4.44. The molecule has 0 bridgehead atoms. The van der Waals surface area contributed by atoms with E-state index in [1.165, 1.54) is 4.90 Å². The summed E-state index contributed by atoms with van der Waals surface area (Å²) in [5.74, 6) is -6.31. The van der Waals surface area contributed by atoms with Crippen LogP contribution >= 0.6 is 0 Å². The van der Waals surface area contributed by atoms with Gasteiger partial charge in [0, 0.05) is 30.8 Å². The molecule has 7 atom stereocenters. The number of amides is 4. The van der Waals surface area contributed by atoms with E-state index in [9.17, 15) is 40.8 Å². The first-order chi connectivity index (χ1) is 27.7. The van der Waals surface area contributed by atoms with E-state index in [-0.39, 0.29) is 44.0 Å². The van der Waals surface area contributed by atoms with Gasteiger partial charge in [-0.1, -0.05) is 26.0 Å². The number of halogens is 3. The van der Waals surface area contributed by atoms with Crippen molar-refractivity contribution in [1.82, 2.24) is 25.2 Å². The lowest BCUT2D eigenvalue weighted by Gasteiger charge is -2.35. The predicted molar refractivity (Wildman–Crippen MR) is 211 cm³/mol. The third-order valence-electron chi connectivity index (χ3n) is 12.2. The lowest BCUT2D eigenvalue weighted by molar-refractivity contribution is -0.152. The van der Waals surface area contributed by atoms with Gasteiger partial charge in [0.05, 0.1) is 13.2 Å². The number of benzene rings is 1. The first-order valence-electron chi connectivity index (χ1n) is 20.1. The monoisotopic (exact) mass is 849 g/mol. The smallest absolute Gasteiger partial charge is 0.408 e. The molecule has 6 rings (SSSR count). The van der Waals surface area contributed by atoms with E-state index < -0.39 is 92.3 Å². The second-order valence-electron chi connectivity index (χ2n) is 17.2. The molecule has 1 unspecified atom stereocenters. The minimum absolute atomic E-state index is 0.0111. The first-order valence-corrected chi connectivity index (χ1v) is 21.6. The fourth-order valence-corrected chi connectivity index (χ4v) is 9.29. The fraction of sp³-hybridized carbons (Fsp3) is 0.634. The van der Waals surface area contributed by atoms with Gasteiger partial charge in [0.1, 0.15) is 40.9 Å². The average molecular weight is 850 g/mol. The molecule has 1 aromatic carbocycles. The number of fused-ring (bicyclic) bond motifs is 3. The Morgan fingerprint density at radius 2 is 1.83 bits per heavy atom. The van der Waals surface area contributed by atoms with Gasteiger partial charge >= 0.3 is 6.09 Å². The molecule has 4 aliphatic rings. The van der Waals surface area contributed by atoms with Crippen LogP contribution in [0, 0.1) is 17.8 Å². The summed E-state index contributed by atoms with van der Waals surface area (Å²) in [6.07, 6.45) is 4.64. The summed E-state index contributed by atoms with van der Waals surface area (Å²) in [6, 6.07) is 4.46. The summed E-state index contributed by atoms with van der Waals surface area (Å²) in [6.45, 7) is 7.38. The lowest BCUT2D eigenvalue weighted by Crippen LogP contribution is -2.60. The topological polar surface area (TPSA) is 182 Å². The number of aromatic nitrogens is 1. The summed E-state index contributed by atoms with van der Waals surface area (Å²) in [4.78, 5) is 62.2. The highest BCUT2D eigenvalue weighted by atomic mass is 32.2. The van der Waals surface area contributed by atoms with Crippen molar-refractivity contribution < 1.29 is 55.0 Å². The highest BCUT2D eigenvalue weighted by Crippen LogP contribution is 2.48. The Bertz CT molecular complexity index is 2090. The lowest BCUT2D eigenvalue weighted by atomic mass is 9.88. The molecule has 3 fully saturated rings. The van der Waals surface area contributed by atoms with Crippen LogP contribution in [0.25, 0.3) is 10.8 Å². The van der Waals surface area contributed by atoms with Gasteiger partial charge in [-0.3, -0.25) is 19.1 Å². The molecule has 2 aromatic rings. The van der Waals surface area contributed by atoms with Crippen LogP contribution in [0.2, 0.25) is 0 Å². The SMILES string of the molecule is CCOc1ccc2c(O[C@@H]3C[C@H]4C(=O)N[C@]5(C(=O)NS(=O)(=O)C6(CF)CC6)CC5/C=C\CC[C@H](C)C[C@@H](C)[C@H](NC(=O)OC(C)(C)C(C)(F)F)C(=O)N4C3)nccc2c1. The van der Waals surface area contributed by atoms with E-state index in [4.69, 9.17) is 14.2 Å². The molecule has 2 aliphatic carbocycles. The highest BCUT2D eigenvalue weighted by molar-refractivity contribution is 7.91. The molecule has 59 heavy (non-hydrogen) atoms. The highest BCUT2D eigenvalue weighted by Gasteiger charge is 2.64. The van der Waals surface area contributed by atoms with Crippen LogP contribution in [0.1, 0.15) is 86.5 Å². The Kier molecular flexibility index (Phi) is 12.3. The molecular formula is C41H54F3N5O9S. The zero-order valence-electron chi connectivity index (χ0n) is 34.2. The number of nitrogens with one attached hydrogen (secondary N) is 3. The maximum absolute atomic E-state index is 14.8. The van der Waals surface area contributed by atoms with E-state index >= 15 is 0 Å². The van der Waals surface area contributed by atoms with Gasteiger partial charge in [-0.25, -0.2) is 31.4 Å². The van der Waals surface area contributed by atoms with Crippen LogP contribution in [0.3, 0.4) is 0 Å². The molecule has 0 radical (unpaired) electrons. The molecule has 1 aromatic heterocycles. The van der Waals surface area contributed by atoms with Gasteiger partial charge in [-0.05, 0) is 101 Å². The Morgan fingerprint density at radius 3 is 2.49 bits per heavy atom. The van der Waals surface area contributed by atoms with Crippen molar-refractivity contribution in [1.29, 1.82) is 0 Å². The van der Waals surface area contributed by atoms with E-state index in [2.05, 4.69) is 15.6 Å². The van der Waals surface area contributed by atoms with E-state index in [1.54, 1.807) is 37.4 Å². The number of alkyl halides is 3. The van der Waals surface area contributed by atoms with Crippen molar-refractivity contribution in [2.75, 3.05) is 19.8 Å². The van der Waals surface area contributed by atoms with Crippen LogP contribution in [0.4, 0.5) is 18.0 Å². The number of allylic oxidation sites excluding steroid dienone is 1. The first kappa shape index (κ1) is 44.0. The summed E-state index contributed by atoms with van der Waals surface area (Å²) >= 11 is 0. The number of ether oxygens (including phenoxy) is 3. The molecule has 2 saturated carbocycles. The maximum Gasteiger partial charge on any atom is 0.408 e. The van der Waals surface area contributed by atoms with Crippen molar-refractivity contribution in [3.05, 3.63) is 42.6 Å². The Balaban J connectivity index is 1.35.